The monoisotopic (exact) mass is 600 g/mol. The van der Waals surface area contributed by atoms with E-state index in [1.165, 1.54) is 32.3 Å². The summed E-state index contributed by atoms with van der Waals surface area (Å²) in [5, 5.41) is 7.59. The van der Waals surface area contributed by atoms with Gasteiger partial charge in [0.1, 0.15) is 0 Å². The Morgan fingerprint density at radius 3 is 1.47 bits per heavy atom. The molecule has 208 valence electrons. The molecule has 0 amide bonds. The minimum atomic E-state index is 0. The van der Waals surface area contributed by atoms with Crippen LogP contribution in [0.4, 0.5) is 0 Å². The van der Waals surface area contributed by atoms with E-state index in [9.17, 15) is 0 Å². The Labute approximate surface area is 259 Å². The van der Waals surface area contributed by atoms with Gasteiger partial charge in [-0.1, -0.05) is 41.8 Å². The van der Waals surface area contributed by atoms with Crippen molar-refractivity contribution in [1.29, 1.82) is 0 Å². The Morgan fingerprint density at radius 2 is 0.884 bits per heavy atom. The number of nitrogens with zero attached hydrogens (tertiary/aromatic N) is 2. The quantitative estimate of drug-likeness (QED) is 0.103. The van der Waals surface area contributed by atoms with Gasteiger partial charge in [0.2, 0.25) is 0 Å². The van der Waals surface area contributed by atoms with E-state index in [-0.39, 0.29) is 17.1 Å². The fourth-order valence-electron chi connectivity index (χ4n) is 5.51. The molecule has 4 nitrogen and oxygen atoms in total. The summed E-state index contributed by atoms with van der Waals surface area (Å²) in [6, 6.07) is 43.3. The van der Waals surface area contributed by atoms with Gasteiger partial charge in [0, 0.05) is 22.1 Å². The average Bonchev–Trinajstić information content (AvgIpc) is 3.82. The minimum absolute atomic E-state index is 0. The Hall–Kier alpha value is -5.22. The van der Waals surface area contributed by atoms with Crippen molar-refractivity contribution >= 4 is 78.7 Å². The van der Waals surface area contributed by atoms with Crippen LogP contribution in [0.15, 0.2) is 115 Å². The first-order valence-corrected chi connectivity index (χ1v) is 14.0. The van der Waals surface area contributed by atoms with Gasteiger partial charge < -0.3 is 9.97 Å². The van der Waals surface area contributed by atoms with Crippen molar-refractivity contribution in [2.24, 2.45) is 0 Å². The summed E-state index contributed by atoms with van der Waals surface area (Å²) in [5.41, 5.74) is 7.86. The van der Waals surface area contributed by atoms with Gasteiger partial charge in [0.05, 0.1) is 22.8 Å². The van der Waals surface area contributed by atoms with Gasteiger partial charge in [-0.25, -0.2) is 9.97 Å². The van der Waals surface area contributed by atoms with E-state index in [4.69, 9.17) is 0 Å². The molecule has 8 bridgehead atoms. The zero-order chi connectivity index (χ0) is 27.9. The zero-order valence-electron chi connectivity index (χ0n) is 23.0. The van der Waals surface area contributed by atoms with E-state index >= 15 is 0 Å². The van der Waals surface area contributed by atoms with E-state index in [0.717, 1.165) is 44.8 Å². The molecule has 9 rings (SSSR count). The number of rotatable bonds is 0. The van der Waals surface area contributed by atoms with Gasteiger partial charge >= 0.3 is 17.1 Å². The number of fused-ring (bicyclic) bond motifs is 11. The summed E-state index contributed by atoms with van der Waals surface area (Å²) >= 11 is 0. The SMILES string of the molecule is C1=Cc2cc3ccc(cc4ccc(cc5nc(cc1n2)C=C5)[nH]4)[nH]3.[Cu+].[c-]1cccc2cc3cc4ccccc4cc3cc12. The zero-order valence-corrected chi connectivity index (χ0v) is 23.9. The Balaban J connectivity index is 0.000000142. The summed E-state index contributed by atoms with van der Waals surface area (Å²) in [5.74, 6) is 0. The van der Waals surface area contributed by atoms with Crippen LogP contribution in [0.5, 0.6) is 0 Å². The molecular formula is C38H25CuN4. The molecule has 0 radical (unpaired) electrons. The largest absolute Gasteiger partial charge is 1.00 e. The van der Waals surface area contributed by atoms with Crippen molar-refractivity contribution in [3.05, 3.63) is 144 Å². The van der Waals surface area contributed by atoms with E-state index in [2.05, 4.69) is 111 Å². The maximum atomic E-state index is 4.62. The number of benzene rings is 4. The first-order chi connectivity index (χ1) is 20.7. The molecule has 0 saturated carbocycles. The second kappa shape index (κ2) is 11.2. The number of aromatic amines is 2. The van der Waals surface area contributed by atoms with Crippen molar-refractivity contribution < 1.29 is 17.1 Å². The molecule has 0 spiro atoms. The molecule has 0 unspecified atom stereocenters. The number of aromatic nitrogens is 4. The van der Waals surface area contributed by atoms with Crippen molar-refractivity contribution in [2.75, 3.05) is 0 Å². The summed E-state index contributed by atoms with van der Waals surface area (Å²) in [4.78, 5) is 16.0. The molecule has 0 aliphatic carbocycles. The fourth-order valence-corrected chi connectivity index (χ4v) is 5.51. The van der Waals surface area contributed by atoms with Crippen molar-refractivity contribution in [3.63, 3.8) is 0 Å². The van der Waals surface area contributed by atoms with Crippen LogP contribution < -0.4 is 0 Å². The van der Waals surface area contributed by atoms with Crippen LogP contribution in [0.25, 0.3) is 78.7 Å². The number of H-pyrrole nitrogens is 2. The smallest absolute Gasteiger partial charge is 0.355 e. The average molecular weight is 601 g/mol. The van der Waals surface area contributed by atoms with Gasteiger partial charge in [-0.05, 0) is 95.1 Å². The molecule has 4 aromatic carbocycles. The molecule has 2 aliphatic rings. The van der Waals surface area contributed by atoms with E-state index in [1.807, 2.05) is 54.6 Å². The van der Waals surface area contributed by atoms with Crippen LogP contribution in [0, 0.1) is 6.07 Å². The molecule has 43 heavy (non-hydrogen) atoms. The summed E-state index contributed by atoms with van der Waals surface area (Å²) in [6.45, 7) is 0. The predicted molar refractivity (Wildman–Crippen MR) is 177 cm³/mol. The van der Waals surface area contributed by atoms with Gasteiger partial charge in [0.15, 0.2) is 0 Å². The van der Waals surface area contributed by atoms with Gasteiger partial charge in [-0.3, -0.25) is 0 Å². The molecule has 2 aliphatic heterocycles. The summed E-state index contributed by atoms with van der Waals surface area (Å²) in [6.07, 6.45) is 8.05. The van der Waals surface area contributed by atoms with E-state index < -0.39 is 0 Å². The maximum Gasteiger partial charge on any atom is 1.00 e. The van der Waals surface area contributed by atoms with Gasteiger partial charge in [-0.15, -0.1) is 41.1 Å². The number of hydrogen-bond donors (Lipinski definition) is 2. The maximum absolute atomic E-state index is 4.62. The number of hydrogen-bond acceptors (Lipinski definition) is 2. The standard InChI is InChI=1S/C20H14N4.C18H11.Cu/c1-2-14-10-16-5-6-18(23-16)12-20-8-7-19(24-20)11-17-4-3-15(22-17)9-13(1)21-14;1-2-6-14-10-18-12-16-8-4-3-7-15(16)11-17(18)9-13(14)5-1;/h1-12,21-22H;1-7,9-12H;/q;-1;+1. The van der Waals surface area contributed by atoms with Crippen LogP contribution in [0.3, 0.4) is 0 Å². The molecule has 0 fully saturated rings. The van der Waals surface area contributed by atoms with Crippen molar-refractivity contribution in [2.45, 2.75) is 0 Å². The van der Waals surface area contributed by atoms with Crippen LogP contribution >= 0.6 is 0 Å². The first kappa shape index (κ1) is 26.7. The van der Waals surface area contributed by atoms with E-state index in [1.54, 1.807) is 0 Å². The second-order valence-electron chi connectivity index (χ2n) is 10.6. The van der Waals surface area contributed by atoms with Crippen molar-refractivity contribution in [3.8, 4) is 0 Å². The first-order valence-electron chi connectivity index (χ1n) is 14.0. The van der Waals surface area contributed by atoms with Crippen LogP contribution in [0.1, 0.15) is 22.8 Å². The van der Waals surface area contributed by atoms with E-state index in [0.29, 0.717) is 0 Å². The molecule has 3 aromatic heterocycles. The molecule has 0 saturated heterocycles. The predicted octanol–water partition coefficient (Wildman–Crippen LogP) is 9.60. The normalized spacial score (nSPS) is 11.8. The van der Waals surface area contributed by atoms with Gasteiger partial charge in [0.25, 0.3) is 0 Å². The van der Waals surface area contributed by atoms with Crippen LogP contribution in [-0.2, 0) is 17.1 Å². The van der Waals surface area contributed by atoms with Crippen molar-refractivity contribution in [1.82, 2.24) is 19.9 Å². The number of nitrogens with one attached hydrogen (secondary N) is 2. The van der Waals surface area contributed by atoms with Crippen LogP contribution in [-0.4, -0.2) is 19.9 Å². The Morgan fingerprint density at radius 1 is 0.419 bits per heavy atom. The summed E-state index contributed by atoms with van der Waals surface area (Å²) in [7, 11) is 0. The molecule has 5 heteroatoms. The third-order valence-corrected chi connectivity index (χ3v) is 7.53. The molecule has 0 atom stereocenters. The topological polar surface area (TPSA) is 57.4 Å². The molecule has 5 heterocycles. The third-order valence-electron chi connectivity index (χ3n) is 7.53. The molecular weight excluding hydrogens is 576 g/mol. The van der Waals surface area contributed by atoms with Gasteiger partial charge in [-0.2, -0.15) is 0 Å². The third kappa shape index (κ3) is 5.64. The second-order valence-corrected chi connectivity index (χ2v) is 10.6. The van der Waals surface area contributed by atoms with Crippen LogP contribution in [0.2, 0.25) is 0 Å². The Kier molecular flexibility index (Phi) is 6.96. The summed E-state index contributed by atoms with van der Waals surface area (Å²) < 4.78 is 0. The molecule has 2 N–H and O–H groups in total. The molecule has 7 aromatic rings. The fraction of sp³-hybridized carbons (Fsp3) is 0. The Bertz CT molecular complexity index is 2140. The minimum Gasteiger partial charge on any atom is -0.355 e.